The van der Waals surface area contributed by atoms with Crippen LogP contribution in [0.2, 0.25) is 0 Å². The van der Waals surface area contributed by atoms with Gasteiger partial charge in [0, 0.05) is 32.7 Å². The van der Waals surface area contributed by atoms with Crippen LogP contribution in [0, 0.1) is 12.8 Å². The van der Waals surface area contributed by atoms with Crippen LogP contribution in [0.3, 0.4) is 0 Å². The lowest BCUT2D eigenvalue weighted by molar-refractivity contribution is 0.189. The Balaban J connectivity index is 1.91. The van der Waals surface area contributed by atoms with Gasteiger partial charge in [-0.25, -0.2) is 0 Å². The molecule has 5 nitrogen and oxygen atoms in total. The molecule has 2 rings (SSSR count). The first kappa shape index (κ1) is 12.5. The Hall–Kier alpha value is -0.940. The van der Waals surface area contributed by atoms with E-state index in [4.69, 9.17) is 10.5 Å². The highest BCUT2D eigenvalue weighted by Gasteiger charge is 2.27. The van der Waals surface area contributed by atoms with E-state index >= 15 is 0 Å². The van der Waals surface area contributed by atoms with Gasteiger partial charge in [0.05, 0.1) is 0 Å². The van der Waals surface area contributed by atoms with Gasteiger partial charge in [-0.3, -0.25) is 0 Å². The molecule has 0 bridgehead atoms. The molecule has 1 aromatic heterocycles. The quantitative estimate of drug-likeness (QED) is 0.748. The first-order valence-electron chi connectivity index (χ1n) is 6.34. The molecule has 0 radical (unpaired) electrons. The topological polar surface area (TPSA) is 66.0 Å². The Kier molecular flexibility index (Phi) is 4.12. The molecule has 96 valence electrons. The van der Waals surface area contributed by atoms with Crippen LogP contribution in [-0.2, 0) is 17.7 Å². The highest BCUT2D eigenvalue weighted by Crippen LogP contribution is 2.28. The zero-order valence-electron chi connectivity index (χ0n) is 10.7. The van der Waals surface area contributed by atoms with Crippen molar-refractivity contribution in [2.24, 2.45) is 11.7 Å². The molecule has 1 heterocycles. The number of ether oxygens (including phenoxy) is 1. The fourth-order valence-corrected chi connectivity index (χ4v) is 2.45. The van der Waals surface area contributed by atoms with E-state index < -0.39 is 0 Å². The second kappa shape index (κ2) is 5.60. The summed E-state index contributed by atoms with van der Waals surface area (Å²) in [7, 11) is 1.73. The van der Waals surface area contributed by atoms with Gasteiger partial charge in [-0.15, -0.1) is 10.2 Å². The molecule has 0 saturated heterocycles. The Morgan fingerprint density at radius 3 is 2.82 bits per heavy atom. The van der Waals surface area contributed by atoms with Crippen molar-refractivity contribution in [2.75, 3.05) is 13.7 Å². The molecule has 17 heavy (non-hydrogen) atoms. The van der Waals surface area contributed by atoms with Crippen molar-refractivity contribution in [3.8, 4) is 0 Å². The smallest absolute Gasteiger partial charge is 0.133 e. The van der Waals surface area contributed by atoms with E-state index in [1.165, 1.54) is 0 Å². The molecule has 1 saturated carbocycles. The van der Waals surface area contributed by atoms with E-state index in [1.54, 1.807) is 7.11 Å². The average Bonchev–Trinajstić information content (AvgIpc) is 2.59. The second-order valence-electron chi connectivity index (χ2n) is 4.96. The lowest BCUT2D eigenvalue weighted by Crippen LogP contribution is -2.37. The summed E-state index contributed by atoms with van der Waals surface area (Å²) in [6, 6.07) is 0.408. The molecular formula is C12H22N4O. The summed E-state index contributed by atoms with van der Waals surface area (Å²) in [5, 5.41) is 8.44. The largest absolute Gasteiger partial charge is 0.385 e. The third-order valence-electron chi connectivity index (χ3n) is 3.49. The van der Waals surface area contributed by atoms with Gasteiger partial charge in [-0.1, -0.05) is 0 Å². The predicted molar refractivity (Wildman–Crippen MR) is 65.7 cm³/mol. The minimum Gasteiger partial charge on any atom is -0.385 e. The molecule has 1 aliphatic carbocycles. The minimum atomic E-state index is 0.408. The summed E-state index contributed by atoms with van der Waals surface area (Å²) in [6.07, 6.45) is 4.28. The van der Waals surface area contributed by atoms with Crippen LogP contribution in [0.5, 0.6) is 0 Å². The molecule has 0 amide bonds. The molecular weight excluding hydrogens is 216 g/mol. The number of hydrogen-bond acceptors (Lipinski definition) is 4. The second-order valence-corrected chi connectivity index (χ2v) is 4.96. The number of aryl methyl sites for hydroxylation is 1. The lowest BCUT2D eigenvalue weighted by atomic mass is 9.78. The molecule has 0 aromatic carbocycles. The third kappa shape index (κ3) is 3.04. The summed E-state index contributed by atoms with van der Waals surface area (Å²) >= 11 is 0. The maximum atomic E-state index is 5.80. The van der Waals surface area contributed by atoms with Gasteiger partial charge in [-0.2, -0.15) is 0 Å². The van der Waals surface area contributed by atoms with Crippen LogP contribution >= 0.6 is 0 Å². The van der Waals surface area contributed by atoms with Crippen molar-refractivity contribution >= 4 is 0 Å². The van der Waals surface area contributed by atoms with Gasteiger partial charge >= 0.3 is 0 Å². The third-order valence-corrected chi connectivity index (χ3v) is 3.49. The first-order valence-corrected chi connectivity index (χ1v) is 6.34. The molecule has 0 spiro atoms. The number of methoxy groups -OCH3 is 1. The van der Waals surface area contributed by atoms with Gasteiger partial charge in [0.15, 0.2) is 0 Å². The molecule has 5 heteroatoms. The SMILES string of the molecule is COCCCn1c(C)nnc1CC1CC(N)C1. The van der Waals surface area contributed by atoms with Gasteiger partial charge in [0.1, 0.15) is 11.6 Å². The predicted octanol–water partition coefficient (Wildman–Crippen LogP) is 0.903. The van der Waals surface area contributed by atoms with Gasteiger partial charge in [0.2, 0.25) is 0 Å². The number of hydrogen-bond donors (Lipinski definition) is 1. The van der Waals surface area contributed by atoms with Crippen LogP contribution in [0.25, 0.3) is 0 Å². The summed E-state index contributed by atoms with van der Waals surface area (Å²) in [5.74, 6) is 2.81. The van der Waals surface area contributed by atoms with E-state index in [0.717, 1.165) is 50.5 Å². The van der Waals surface area contributed by atoms with Crippen molar-refractivity contribution in [3.05, 3.63) is 11.6 Å². The highest BCUT2D eigenvalue weighted by atomic mass is 16.5. The van der Waals surface area contributed by atoms with Crippen LogP contribution in [0.15, 0.2) is 0 Å². The van der Waals surface area contributed by atoms with Crippen molar-refractivity contribution in [3.63, 3.8) is 0 Å². The van der Waals surface area contributed by atoms with Crippen molar-refractivity contribution < 1.29 is 4.74 Å². The minimum absolute atomic E-state index is 0.408. The van der Waals surface area contributed by atoms with E-state index in [1.807, 2.05) is 6.92 Å². The Labute approximate surface area is 102 Å². The van der Waals surface area contributed by atoms with Crippen molar-refractivity contribution in [1.82, 2.24) is 14.8 Å². The van der Waals surface area contributed by atoms with Crippen LogP contribution in [0.1, 0.15) is 30.9 Å². The number of aromatic nitrogens is 3. The monoisotopic (exact) mass is 238 g/mol. The van der Waals surface area contributed by atoms with Crippen LogP contribution < -0.4 is 5.73 Å². The fraction of sp³-hybridized carbons (Fsp3) is 0.833. The van der Waals surface area contributed by atoms with E-state index in [9.17, 15) is 0 Å². The molecule has 0 unspecified atom stereocenters. The molecule has 1 aliphatic rings. The molecule has 0 atom stereocenters. The number of rotatable bonds is 6. The lowest BCUT2D eigenvalue weighted by Gasteiger charge is -2.32. The maximum absolute atomic E-state index is 5.80. The molecule has 2 N–H and O–H groups in total. The zero-order valence-corrected chi connectivity index (χ0v) is 10.7. The van der Waals surface area contributed by atoms with E-state index in [-0.39, 0.29) is 0 Å². The van der Waals surface area contributed by atoms with Gasteiger partial charge in [0.25, 0.3) is 0 Å². The summed E-state index contributed by atoms with van der Waals surface area (Å²) < 4.78 is 7.29. The van der Waals surface area contributed by atoms with Crippen molar-refractivity contribution in [1.29, 1.82) is 0 Å². The summed E-state index contributed by atoms with van der Waals surface area (Å²) in [5.41, 5.74) is 5.80. The van der Waals surface area contributed by atoms with Gasteiger partial charge in [-0.05, 0) is 32.1 Å². The summed E-state index contributed by atoms with van der Waals surface area (Å²) in [4.78, 5) is 0. The summed E-state index contributed by atoms with van der Waals surface area (Å²) in [6.45, 7) is 3.74. The number of nitrogens with zero attached hydrogens (tertiary/aromatic N) is 3. The molecule has 0 aliphatic heterocycles. The molecule has 1 aromatic rings. The van der Waals surface area contributed by atoms with Crippen LogP contribution in [-0.4, -0.2) is 34.5 Å². The fourth-order valence-electron chi connectivity index (χ4n) is 2.45. The Bertz CT molecular complexity index is 357. The standard InChI is InChI=1S/C12H22N4O/c1-9-14-15-12(8-10-6-11(13)7-10)16(9)4-3-5-17-2/h10-11H,3-8,13H2,1-2H3. The molecule has 1 fully saturated rings. The maximum Gasteiger partial charge on any atom is 0.133 e. The Morgan fingerprint density at radius 1 is 1.41 bits per heavy atom. The van der Waals surface area contributed by atoms with E-state index in [2.05, 4.69) is 14.8 Å². The first-order chi connectivity index (χ1) is 8.20. The zero-order chi connectivity index (χ0) is 12.3. The normalized spacial score (nSPS) is 23.7. The van der Waals surface area contributed by atoms with Gasteiger partial charge < -0.3 is 15.0 Å². The van der Waals surface area contributed by atoms with Crippen molar-refractivity contribution in [2.45, 2.75) is 45.2 Å². The highest BCUT2D eigenvalue weighted by molar-refractivity contribution is 4.98. The van der Waals surface area contributed by atoms with Crippen LogP contribution in [0.4, 0.5) is 0 Å². The van der Waals surface area contributed by atoms with E-state index in [0.29, 0.717) is 12.0 Å². The Morgan fingerprint density at radius 2 is 2.18 bits per heavy atom. The number of nitrogens with two attached hydrogens (primary N) is 1. The average molecular weight is 238 g/mol.